The number of carbonyl (C=O) groups is 2. The first-order valence-corrected chi connectivity index (χ1v) is 11.1. The quantitative estimate of drug-likeness (QED) is 0.443. The van der Waals surface area contributed by atoms with Crippen LogP contribution in [0.1, 0.15) is 20.8 Å². The number of benzene rings is 2. The molecule has 2 aromatic carbocycles. The van der Waals surface area contributed by atoms with Crippen molar-refractivity contribution in [3.8, 4) is 17.2 Å². The Labute approximate surface area is 197 Å². The Morgan fingerprint density at radius 1 is 0.939 bits per heavy atom. The maximum atomic E-state index is 12.9. The highest BCUT2D eigenvalue weighted by Crippen LogP contribution is 2.27. The maximum Gasteiger partial charge on any atom is 0.267 e. The lowest BCUT2D eigenvalue weighted by molar-refractivity contribution is -0.117. The van der Waals surface area contributed by atoms with Gasteiger partial charge in [-0.3, -0.25) is 9.59 Å². The molecule has 0 aliphatic carbocycles. The number of hydrogen-bond acceptors (Lipinski definition) is 6. The zero-order chi connectivity index (χ0) is 23.6. The van der Waals surface area contributed by atoms with E-state index in [0.29, 0.717) is 35.8 Å². The molecule has 2 N–H and O–H groups in total. The Hall–Kier alpha value is -3.78. The summed E-state index contributed by atoms with van der Waals surface area (Å²) in [4.78, 5) is 26.5. The van der Waals surface area contributed by atoms with Crippen LogP contribution in [0.25, 0.3) is 6.08 Å². The highest BCUT2D eigenvalue weighted by atomic mass is 32.1. The van der Waals surface area contributed by atoms with Crippen LogP contribution in [0.5, 0.6) is 17.2 Å². The molecular weight excluding hydrogens is 440 g/mol. The first-order valence-electron chi connectivity index (χ1n) is 10.2. The monoisotopic (exact) mass is 466 g/mol. The first kappa shape index (κ1) is 23.9. The highest BCUT2D eigenvalue weighted by Gasteiger charge is 2.15. The van der Waals surface area contributed by atoms with E-state index in [0.717, 1.165) is 10.4 Å². The summed E-state index contributed by atoms with van der Waals surface area (Å²) in [6.07, 6.45) is 2.25. The number of hydrogen-bond donors (Lipinski definition) is 2. The molecule has 1 heterocycles. The molecule has 0 atom stereocenters. The second-order valence-corrected chi connectivity index (χ2v) is 7.93. The topological polar surface area (TPSA) is 85.9 Å². The van der Waals surface area contributed by atoms with Gasteiger partial charge in [-0.1, -0.05) is 12.1 Å². The van der Waals surface area contributed by atoms with Crippen LogP contribution >= 0.6 is 11.3 Å². The predicted molar refractivity (Wildman–Crippen MR) is 129 cm³/mol. The lowest BCUT2D eigenvalue weighted by Crippen LogP contribution is -2.35. The van der Waals surface area contributed by atoms with E-state index in [2.05, 4.69) is 10.6 Å². The molecule has 0 bridgehead atoms. The minimum Gasteiger partial charge on any atom is -0.497 e. The molecule has 0 spiro atoms. The molecule has 33 heavy (non-hydrogen) atoms. The zero-order valence-electron chi connectivity index (χ0n) is 18.7. The van der Waals surface area contributed by atoms with Crippen LogP contribution < -0.4 is 24.8 Å². The van der Waals surface area contributed by atoms with Crippen molar-refractivity contribution in [2.75, 3.05) is 27.9 Å². The van der Waals surface area contributed by atoms with E-state index in [1.54, 1.807) is 51.7 Å². The molecule has 0 aliphatic rings. The van der Waals surface area contributed by atoms with Gasteiger partial charge in [0.2, 0.25) is 0 Å². The van der Waals surface area contributed by atoms with Crippen LogP contribution in [0.2, 0.25) is 0 Å². The van der Waals surface area contributed by atoms with Gasteiger partial charge < -0.3 is 24.8 Å². The summed E-state index contributed by atoms with van der Waals surface area (Å²) in [5.74, 6) is 1.18. The largest absolute Gasteiger partial charge is 0.497 e. The molecule has 0 saturated heterocycles. The van der Waals surface area contributed by atoms with Crippen LogP contribution in [0.4, 0.5) is 0 Å². The van der Waals surface area contributed by atoms with E-state index in [1.807, 2.05) is 35.7 Å². The Balaban J connectivity index is 1.67. The van der Waals surface area contributed by atoms with Gasteiger partial charge in [-0.2, -0.15) is 0 Å². The fourth-order valence-corrected chi connectivity index (χ4v) is 3.72. The molecule has 1 aromatic heterocycles. The number of methoxy groups -OCH3 is 3. The van der Waals surface area contributed by atoms with Gasteiger partial charge in [-0.05, 0) is 65.9 Å². The number of nitrogens with one attached hydrogen (secondary N) is 2. The van der Waals surface area contributed by atoms with Crippen molar-refractivity contribution in [2.45, 2.75) is 6.42 Å². The average molecular weight is 467 g/mol. The summed E-state index contributed by atoms with van der Waals surface area (Å²) in [5.41, 5.74) is 1.58. The van der Waals surface area contributed by atoms with E-state index < -0.39 is 0 Å². The smallest absolute Gasteiger partial charge is 0.267 e. The Kier molecular flexibility index (Phi) is 8.49. The summed E-state index contributed by atoms with van der Waals surface area (Å²) < 4.78 is 15.7. The van der Waals surface area contributed by atoms with Gasteiger partial charge in [0.1, 0.15) is 11.4 Å². The molecule has 0 unspecified atom stereocenters. The fraction of sp³-hybridized carbons (Fsp3) is 0.200. The predicted octanol–water partition coefficient (Wildman–Crippen LogP) is 3.90. The Bertz CT molecular complexity index is 1110. The standard InChI is InChI=1S/C25H26N2O5S/c1-30-19-9-7-18(8-10-19)24(28)27-21(16-20-5-4-14-33-20)25(29)26-13-12-17-6-11-22(31-2)23(15-17)32-3/h4-11,14-16H,12-13H2,1-3H3,(H,26,29)(H,27,28)/b21-16-. The van der Waals surface area contributed by atoms with Crippen LogP contribution in [0.3, 0.4) is 0 Å². The zero-order valence-corrected chi connectivity index (χ0v) is 19.5. The van der Waals surface area contributed by atoms with Crippen molar-refractivity contribution in [1.29, 1.82) is 0 Å². The van der Waals surface area contributed by atoms with Crippen LogP contribution in [0, 0.1) is 0 Å². The molecule has 3 rings (SSSR count). The van der Waals surface area contributed by atoms with Gasteiger partial charge in [0.25, 0.3) is 11.8 Å². The Morgan fingerprint density at radius 3 is 2.33 bits per heavy atom. The molecule has 0 fully saturated rings. The molecule has 172 valence electrons. The summed E-state index contributed by atoms with van der Waals surface area (Å²) in [6.45, 7) is 0.383. The van der Waals surface area contributed by atoms with Crippen molar-refractivity contribution < 1.29 is 23.8 Å². The second-order valence-electron chi connectivity index (χ2n) is 6.95. The van der Waals surface area contributed by atoms with E-state index >= 15 is 0 Å². The minimum absolute atomic E-state index is 0.172. The van der Waals surface area contributed by atoms with Crippen LogP contribution in [-0.4, -0.2) is 39.7 Å². The maximum absolute atomic E-state index is 12.9. The third kappa shape index (κ3) is 6.60. The van der Waals surface area contributed by atoms with Gasteiger partial charge in [-0.25, -0.2) is 0 Å². The molecule has 2 amide bonds. The number of thiophene rings is 1. The molecule has 0 radical (unpaired) electrons. The molecule has 3 aromatic rings. The number of ether oxygens (including phenoxy) is 3. The molecule has 7 nitrogen and oxygen atoms in total. The van der Waals surface area contributed by atoms with E-state index in [1.165, 1.54) is 11.3 Å². The second kappa shape index (κ2) is 11.7. The van der Waals surface area contributed by atoms with E-state index in [-0.39, 0.29) is 17.5 Å². The average Bonchev–Trinajstić information content (AvgIpc) is 3.36. The van der Waals surface area contributed by atoms with Crippen LogP contribution in [0.15, 0.2) is 65.7 Å². The molecule has 8 heteroatoms. The van der Waals surface area contributed by atoms with Crippen molar-refractivity contribution in [1.82, 2.24) is 10.6 Å². The molecule has 0 aliphatic heterocycles. The third-order valence-corrected chi connectivity index (χ3v) is 5.64. The van der Waals surface area contributed by atoms with Crippen LogP contribution in [-0.2, 0) is 11.2 Å². The number of carbonyl (C=O) groups excluding carboxylic acids is 2. The summed E-state index contributed by atoms with van der Waals surface area (Å²) >= 11 is 1.47. The van der Waals surface area contributed by atoms with Gasteiger partial charge >= 0.3 is 0 Å². The lowest BCUT2D eigenvalue weighted by Gasteiger charge is -2.12. The van der Waals surface area contributed by atoms with Gasteiger partial charge in [-0.15, -0.1) is 11.3 Å². The SMILES string of the molecule is COc1ccc(C(=O)N/C(=C\c2cccs2)C(=O)NCCc2ccc(OC)c(OC)c2)cc1. The fourth-order valence-electron chi connectivity index (χ4n) is 3.06. The van der Waals surface area contributed by atoms with Crippen molar-refractivity contribution in [3.63, 3.8) is 0 Å². The summed E-state index contributed by atoms with van der Waals surface area (Å²) in [6, 6.07) is 16.1. The first-order chi connectivity index (χ1) is 16.0. The normalized spacial score (nSPS) is 10.9. The highest BCUT2D eigenvalue weighted by molar-refractivity contribution is 7.10. The Morgan fingerprint density at radius 2 is 1.70 bits per heavy atom. The van der Waals surface area contributed by atoms with Crippen molar-refractivity contribution in [2.24, 2.45) is 0 Å². The van der Waals surface area contributed by atoms with E-state index in [4.69, 9.17) is 14.2 Å². The molecular formula is C25H26N2O5S. The van der Waals surface area contributed by atoms with Crippen molar-refractivity contribution in [3.05, 3.63) is 81.7 Å². The van der Waals surface area contributed by atoms with E-state index in [9.17, 15) is 9.59 Å². The third-order valence-electron chi connectivity index (χ3n) is 4.82. The number of amides is 2. The summed E-state index contributed by atoms with van der Waals surface area (Å²) in [5, 5.41) is 7.51. The van der Waals surface area contributed by atoms with Crippen molar-refractivity contribution >= 4 is 29.2 Å². The van der Waals surface area contributed by atoms with Gasteiger partial charge in [0.05, 0.1) is 21.3 Å². The van der Waals surface area contributed by atoms with Gasteiger partial charge in [0, 0.05) is 17.0 Å². The lowest BCUT2D eigenvalue weighted by atomic mass is 10.1. The minimum atomic E-state index is -0.379. The summed E-state index contributed by atoms with van der Waals surface area (Å²) in [7, 11) is 4.72. The van der Waals surface area contributed by atoms with Gasteiger partial charge in [0.15, 0.2) is 11.5 Å². The molecule has 0 saturated carbocycles. The number of rotatable bonds is 10.